The molecule has 140 valence electrons. The molecule has 0 fully saturated rings. The number of rotatable bonds is 3. The van der Waals surface area contributed by atoms with Gasteiger partial charge in [-0.25, -0.2) is 9.80 Å². The summed E-state index contributed by atoms with van der Waals surface area (Å²) in [6.45, 7) is 6.71. The molecule has 8 heteroatoms. The molecule has 2 N–H and O–H groups in total. The van der Waals surface area contributed by atoms with Gasteiger partial charge in [-0.05, 0) is 33.3 Å². The summed E-state index contributed by atoms with van der Waals surface area (Å²) < 4.78 is 5.14. The van der Waals surface area contributed by atoms with E-state index in [4.69, 9.17) is 4.74 Å². The summed E-state index contributed by atoms with van der Waals surface area (Å²) in [5, 5.41) is 10.4. The Morgan fingerprint density at radius 3 is 2.58 bits per heavy atom. The van der Waals surface area contributed by atoms with E-state index in [9.17, 15) is 14.4 Å². The predicted molar refractivity (Wildman–Crippen MR) is 96.5 cm³/mol. The molecular weight excluding hydrogens is 336 g/mol. The molecule has 0 saturated carbocycles. The maximum absolute atomic E-state index is 12.6. The fourth-order valence-corrected chi connectivity index (χ4v) is 2.37. The molecule has 8 nitrogen and oxygen atoms in total. The second kappa shape index (κ2) is 7.55. The minimum absolute atomic E-state index is 0.371. The number of hydrogen-bond donors (Lipinski definition) is 2. The van der Waals surface area contributed by atoms with Crippen LogP contribution < -0.4 is 10.6 Å². The maximum Gasteiger partial charge on any atom is 0.408 e. The zero-order chi connectivity index (χ0) is 19.5. The highest BCUT2D eigenvalue weighted by molar-refractivity contribution is 5.96. The van der Waals surface area contributed by atoms with E-state index >= 15 is 0 Å². The molecule has 1 aliphatic rings. The Kier molecular flexibility index (Phi) is 5.64. The molecule has 0 aromatic heterocycles. The lowest BCUT2D eigenvalue weighted by Crippen LogP contribution is -2.49. The molecule has 1 aromatic rings. The van der Waals surface area contributed by atoms with Crippen LogP contribution in [-0.2, 0) is 14.3 Å². The fourth-order valence-electron chi connectivity index (χ4n) is 2.37. The molecular formula is C18H24N4O4. The average Bonchev–Trinajstić information content (AvgIpc) is 2.65. The summed E-state index contributed by atoms with van der Waals surface area (Å²) in [7, 11) is 1.52. The molecule has 2 rings (SSSR count). The van der Waals surface area contributed by atoms with Crippen molar-refractivity contribution in [2.24, 2.45) is 5.10 Å². The Balaban J connectivity index is 2.12. The Morgan fingerprint density at radius 1 is 1.27 bits per heavy atom. The first kappa shape index (κ1) is 19.4. The zero-order valence-corrected chi connectivity index (χ0v) is 15.6. The Hall–Kier alpha value is -2.90. The van der Waals surface area contributed by atoms with Crippen molar-refractivity contribution in [2.75, 3.05) is 7.05 Å². The lowest BCUT2D eigenvalue weighted by molar-refractivity contribution is -0.135. The molecule has 0 saturated heterocycles. The van der Waals surface area contributed by atoms with E-state index in [0.29, 0.717) is 5.56 Å². The van der Waals surface area contributed by atoms with Crippen LogP contribution in [0.2, 0.25) is 0 Å². The highest BCUT2D eigenvalue weighted by Crippen LogP contribution is 2.22. The number of nitrogens with zero attached hydrogens (tertiary/aromatic N) is 2. The topological polar surface area (TPSA) is 100 Å². The standard InChI is InChI=1S/C18H24N4O4/c1-11(20-17(25)26-18(2,3)4)15(23)21-14-13-9-7-6-8-12(13)10-19-22(5)16(14)24/h6-11,14H,1-5H3,(H,20,25)(H,21,23)/t11-,14?/m0/s1. The van der Waals surface area contributed by atoms with E-state index in [1.165, 1.54) is 19.0 Å². The van der Waals surface area contributed by atoms with Crippen molar-refractivity contribution in [3.05, 3.63) is 35.4 Å². The van der Waals surface area contributed by atoms with E-state index in [2.05, 4.69) is 15.7 Å². The molecule has 26 heavy (non-hydrogen) atoms. The van der Waals surface area contributed by atoms with Crippen molar-refractivity contribution < 1.29 is 19.1 Å². The monoisotopic (exact) mass is 360 g/mol. The highest BCUT2D eigenvalue weighted by Gasteiger charge is 2.31. The van der Waals surface area contributed by atoms with E-state index < -0.39 is 29.7 Å². The van der Waals surface area contributed by atoms with Gasteiger partial charge in [-0.2, -0.15) is 5.10 Å². The molecule has 1 heterocycles. The third-order valence-electron chi connectivity index (χ3n) is 3.66. The van der Waals surface area contributed by atoms with E-state index in [-0.39, 0.29) is 5.91 Å². The predicted octanol–water partition coefficient (Wildman–Crippen LogP) is 1.56. The summed E-state index contributed by atoms with van der Waals surface area (Å²) >= 11 is 0. The first-order chi connectivity index (χ1) is 12.1. The number of ether oxygens (including phenoxy) is 1. The van der Waals surface area contributed by atoms with Gasteiger partial charge < -0.3 is 15.4 Å². The molecule has 0 radical (unpaired) electrons. The van der Waals surface area contributed by atoms with Crippen molar-refractivity contribution in [3.8, 4) is 0 Å². The normalized spacial score (nSPS) is 17.8. The lowest BCUT2D eigenvalue weighted by Gasteiger charge is -2.24. The third kappa shape index (κ3) is 4.81. The van der Waals surface area contributed by atoms with Crippen LogP contribution in [0.1, 0.15) is 44.9 Å². The largest absolute Gasteiger partial charge is 0.444 e. The molecule has 0 spiro atoms. The summed E-state index contributed by atoms with van der Waals surface area (Å²) in [4.78, 5) is 36.9. The Bertz CT molecular complexity index is 739. The van der Waals surface area contributed by atoms with Gasteiger partial charge in [0.15, 0.2) is 0 Å². The molecule has 1 aromatic carbocycles. The van der Waals surface area contributed by atoms with E-state index in [0.717, 1.165) is 5.56 Å². The van der Waals surface area contributed by atoms with Crippen molar-refractivity contribution in [2.45, 2.75) is 45.4 Å². The van der Waals surface area contributed by atoms with Gasteiger partial charge in [0.25, 0.3) is 5.91 Å². The van der Waals surface area contributed by atoms with Crippen LogP contribution in [0.15, 0.2) is 29.4 Å². The first-order valence-electron chi connectivity index (χ1n) is 8.29. The number of carbonyl (C=O) groups is 3. The Labute approximate surface area is 152 Å². The van der Waals surface area contributed by atoms with Crippen LogP contribution in [0.4, 0.5) is 4.79 Å². The number of hydrogen-bond acceptors (Lipinski definition) is 5. The van der Waals surface area contributed by atoms with E-state index in [1.54, 1.807) is 39.1 Å². The molecule has 3 amide bonds. The van der Waals surface area contributed by atoms with Crippen LogP contribution in [0.5, 0.6) is 0 Å². The van der Waals surface area contributed by atoms with Gasteiger partial charge in [0.2, 0.25) is 5.91 Å². The summed E-state index contributed by atoms with van der Waals surface area (Å²) in [6.07, 6.45) is 0.870. The molecule has 2 atom stereocenters. The van der Waals surface area contributed by atoms with Crippen molar-refractivity contribution in [1.82, 2.24) is 15.6 Å². The lowest BCUT2D eigenvalue weighted by atomic mass is 10.00. The second-order valence-corrected chi connectivity index (χ2v) is 7.04. The van der Waals surface area contributed by atoms with Crippen LogP contribution in [0.3, 0.4) is 0 Å². The summed E-state index contributed by atoms with van der Waals surface area (Å²) in [5.74, 6) is -0.872. The van der Waals surface area contributed by atoms with Gasteiger partial charge in [-0.1, -0.05) is 24.3 Å². The number of amides is 3. The van der Waals surface area contributed by atoms with E-state index in [1.807, 2.05) is 12.1 Å². The number of nitrogens with one attached hydrogen (secondary N) is 2. The SMILES string of the molecule is C[C@H](NC(=O)OC(C)(C)C)C(=O)NC1C(=O)N(C)N=Cc2ccccc21. The van der Waals surface area contributed by atoms with Gasteiger partial charge >= 0.3 is 6.09 Å². The van der Waals surface area contributed by atoms with Gasteiger partial charge in [-0.3, -0.25) is 9.59 Å². The third-order valence-corrected chi connectivity index (χ3v) is 3.66. The minimum atomic E-state index is -0.894. The molecule has 1 unspecified atom stereocenters. The average molecular weight is 360 g/mol. The van der Waals surface area contributed by atoms with Gasteiger partial charge in [0.05, 0.1) is 6.21 Å². The first-order valence-corrected chi connectivity index (χ1v) is 8.29. The van der Waals surface area contributed by atoms with Gasteiger partial charge in [0.1, 0.15) is 17.7 Å². The van der Waals surface area contributed by atoms with Crippen LogP contribution >= 0.6 is 0 Å². The molecule has 0 bridgehead atoms. The second-order valence-electron chi connectivity index (χ2n) is 7.04. The number of alkyl carbamates (subject to hydrolysis) is 1. The highest BCUT2D eigenvalue weighted by atomic mass is 16.6. The number of fused-ring (bicyclic) bond motifs is 1. The molecule has 0 aliphatic carbocycles. The summed E-state index contributed by atoms with van der Waals surface area (Å²) in [5.41, 5.74) is 0.711. The minimum Gasteiger partial charge on any atom is -0.444 e. The number of carbonyl (C=O) groups excluding carboxylic acids is 3. The number of likely N-dealkylation sites (N-methyl/N-ethyl adjacent to an activating group) is 1. The zero-order valence-electron chi connectivity index (χ0n) is 15.6. The van der Waals surface area contributed by atoms with Crippen molar-refractivity contribution in [1.29, 1.82) is 0 Å². The van der Waals surface area contributed by atoms with Crippen LogP contribution in [0, 0.1) is 0 Å². The quantitative estimate of drug-likeness (QED) is 0.854. The van der Waals surface area contributed by atoms with Gasteiger partial charge in [0, 0.05) is 12.6 Å². The van der Waals surface area contributed by atoms with Crippen LogP contribution in [0.25, 0.3) is 0 Å². The maximum atomic E-state index is 12.6. The smallest absolute Gasteiger partial charge is 0.408 e. The number of benzene rings is 1. The van der Waals surface area contributed by atoms with Crippen molar-refractivity contribution >= 4 is 24.1 Å². The fraction of sp³-hybridized carbons (Fsp3) is 0.444. The number of hydrazone groups is 1. The summed E-state index contributed by atoms with van der Waals surface area (Å²) in [6, 6.07) is 5.41. The van der Waals surface area contributed by atoms with Crippen molar-refractivity contribution in [3.63, 3.8) is 0 Å². The Morgan fingerprint density at radius 2 is 1.92 bits per heavy atom. The van der Waals surface area contributed by atoms with Crippen LogP contribution in [-0.4, -0.2) is 47.8 Å². The molecule has 1 aliphatic heterocycles. The van der Waals surface area contributed by atoms with Gasteiger partial charge in [-0.15, -0.1) is 0 Å².